The molecule has 1 aromatic carbocycles. The minimum absolute atomic E-state index is 0.0588. The third-order valence-corrected chi connectivity index (χ3v) is 9.53. The van der Waals surface area contributed by atoms with E-state index in [1.54, 1.807) is 29.5 Å². The van der Waals surface area contributed by atoms with Gasteiger partial charge in [-0.15, -0.1) is 16.4 Å². The molecule has 2 saturated heterocycles. The van der Waals surface area contributed by atoms with Crippen LogP contribution in [0.4, 0.5) is 13.2 Å². The molecule has 3 atom stereocenters. The first-order valence-electron chi connectivity index (χ1n) is 14.0. The first-order chi connectivity index (χ1) is 20.5. The highest BCUT2D eigenvalue weighted by Gasteiger charge is 2.59. The Labute approximate surface area is 249 Å². The van der Waals surface area contributed by atoms with Gasteiger partial charge in [-0.05, 0) is 53.9 Å². The van der Waals surface area contributed by atoms with Gasteiger partial charge in [0.15, 0.2) is 16.7 Å². The summed E-state index contributed by atoms with van der Waals surface area (Å²) < 4.78 is 46.0. The predicted molar refractivity (Wildman–Crippen MR) is 152 cm³/mol. The van der Waals surface area contributed by atoms with Crippen molar-refractivity contribution in [2.75, 3.05) is 26.2 Å². The Morgan fingerprint density at radius 1 is 1.28 bits per heavy atom. The Morgan fingerprint density at radius 3 is 2.79 bits per heavy atom. The van der Waals surface area contributed by atoms with E-state index in [1.807, 2.05) is 18.7 Å². The zero-order valence-electron chi connectivity index (χ0n) is 23.9. The predicted octanol–water partition coefficient (Wildman–Crippen LogP) is 3.30. The largest absolute Gasteiger partial charge is 0.478 e. The van der Waals surface area contributed by atoms with Gasteiger partial charge in [-0.2, -0.15) is 0 Å². The van der Waals surface area contributed by atoms with E-state index in [1.165, 1.54) is 23.5 Å². The molecule has 228 valence electrons. The third-order valence-electron chi connectivity index (χ3n) is 8.75. The first-order valence-corrected chi connectivity index (χ1v) is 14.9. The Hall–Kier alpha value is -3.69. The number of rotatable bonds is 9. The van der Waals surface area contributed by atoms with Gasteiger partial charge in [-0.1, -0.05) is 26.0 Å². The molecule has 5 heterocycles. The molecule has 6 rings (SSSR count). The summed E-state index contributed by atoms with van der Waals surface area (Å²) in [6.07, 6.45) is 2.68. The number of alkyl halides is 2. The molecular weight excluding hydrogens is 583 g/mol. The minimum Gasteiger partial charge on any atom is -0.478 e. The molecule has 0 bridgehead atoms. The van der Waals surface area contributed by atoms with Crippen LogP contribution in [0, 0.1) is 12.7 Å². The van der Waals surface area contributed by atoms with Crippen molar-refractivity contribution in [3.05, 3.63) is 68.8 Å². The van der Waals surface area contributed by atoms with E-state index in [0.29, 0.717) is 48.2 Å². The van der Waals surface area contributed by atoms with Crippen LogP contribution >= 0.6 is 11.3 Å². The average Bonchev–Trinajstić information content (AvgIpc) is 3.76. The normalized spacial score (nSPS) is 24.2. The second-order valence-electron chi connectivity index (χ2n) is 11.9. The zero-order valence-corrected chi connectivity index (χ0v) is 24.7. The summed E-state index contributed by atoms with van der Waals surface area (Å²) in [5.41, 5.74) is 0.385. The molecule has 0 amide bonds. The fourth-order valence-corrected chi connectivity index (χ4v) is 7.02. The van der Waals surface area contributed by atoms with Crippen LogP contribution < -0.4 is 5.32 Å². The highest BCUT2D eigenvalue weighted by Crippen LogP contribution is 2.43. The summed E-state index contributed by atoms with van der Waals surface area (Å²) in [7, 11) is 0. The van der Waals surface area contributed by atoms with E-state index >= 15 is 8.78 Å². The van der Waals surface area contributed by atoms with Crippen molar-refractivity contribution >= 4 is 23.1 Å². The summed E-state index contributed by atoms with van der Waals surface area (Å²) in [5, 5.41) is 29.8. The van der Waals surface area contributed by atoms with E-state index in [9.17, 15) is 14.3 Å². The number of amidine groups is 1. The van der Waals surface area contributed by atoms with E-state index in [0.717, 1.165) is 0 Å². The molecule has 11 nitrogen and oxygen atoms in total. The highest BCUT2D eigenvalue weighted by molar-refractivity contribution is 7.11. The number of likely N-dealkylation sites (tertiary alicyclic amines) is 2. The zero-order chi connectivity index (χ0) is 30.5. The molecule has 0 spiro atoms. The van der Waals surface area contributed by atoms with Crippen molar-refractivity contribution in [3.63, 3.8) is 0 Å². The molecule has 0 radical (unpaired) electrons. The van der Waals surface area contributed by atoms with Crippen LogP contribution in [-0.2, 0) is 10.2 Å². The number of halogens is 3. The third kappa shape index (κ3) is 5.45. The van der Waals surface area contributed by atoms with Crippen molar-refractivity contribution in [2.24, 2.45) is 4.99 Å². The lowest BCUT2D eigenvalue weighted by molar-refractivity contribution is -0.133. The summed E-state index contributed by atoms with van der Waals surface area (Å²) in [4.78, 5) is 25.2. The number of aromatic nitrogens is 5. The Kier molecular flexibility index (Phi) is 7.59. The molecule has 0 aliphatic carbocycles. The molecule has 3 aliphatic heterocycles. The van der Waals surface area contributed by atoms with E-state index in [-0.39, 0.29) is 23.4 Å². The first kappa shape index (κ1) is 29.4. The number of hydrogen-bond acceptors (Lipinski definition) is 10. The number of aromatic amines is 1. The summed E-state index contributed by atoms with van der Waals surface area (Å²) in [6, 6.07) is 1.92. The van der Waals surface area contributed by atoms with Gasteiger partial charge in [-0.3, -0.25) is 14.8 Å². The average molecular weight is 616 g/mol. The molecule has 3 aliphatic rings. The number of tetrazole rings is 1. The molecule has 3 aromatic rings. The minimum atomic E-state index is -3.01. The highest BCUT2D eigenvalue weighted by atomic mass is 32.1. The lowest BCUT2D eigenvalue weighted by Gasteiger charge is -2.31. The second kappa shape index (κ2) is 11.1. The Bertz CT molecular complexity index is 1560. The SMILES string of the molecule is Cc1c(F)cccc1[C@@H]1N=C(c2nccs2)NC(CN2CC(F)(F)C3C2CCN3CCC(C)(C)c2nnn[nH]2)=C1C(=O)O. The maximum Gasteiger partial charge on any atom is 0.335 e. The van der Waals surface area contributed by atoms with Crippen molar-refractivity contribution in [3.8, 4) is 0 Å². The number of nitrogens with zero attached hydrogens (tertiary/aromatic N) is 7. The smallest absolute Gasteiger partial charge is 0.335 e. The number of aliphatic imine (C=N–C) groups is 1. The summed E-state index contributed by atoms with van der Waals surface area (Å²) >= 11 is 1.31. The van der Waals surface area contributed by atoms with Crippen LogP contribution in [0.2, 0.25) is 0 Å². The number of fused-ring (bicyclic) bond motifs is 1. The standard InChI is InChI=1S/C28H32F3N9O2S/c1-15-16(5-4-6-17(15)29)21-20(25(41)42)18(33-23(34-21)24-32-9-12-43-24)13-40-14-28(30,31)22-19(40)7-10-39(22)11-8-27(2,3)26-35-37-38-36-26/h4-6,9,12,19,21-22H,7-8,10-11,13-14H2,1-3H3,(H,33,34)(H,41,42)(H,35,36,37,38)/t19?,21-,22?/m0/s1. The number of benzene rings is 1. The van der Waals surface area contributed by atoms with Crippen molar-refractivity contribution in [1.29, 1.82) is 0 Å². The fraction of sp³-hybridized carbons (Fsp3) is 0.500. The van der Waals surface area contributed by atoms with Crippen LogP contribution in [0.25, 0.3) is 0 Å². The number of hydrogen-bond donors (Lipinski definition) is 3. The number of carbonyl (C=O) groups is 1. The Morgan fingerprint density at radius 2 is 2.09 bits per heavy atom. The van der Waals surface area contributed by atoms with Gasteiger partial charge in [-0.25, -0.2) is 28.0 Å². The molecule has 3 N–H and O–H groups in total. The summed E-state index contributed by atoms with van der Waals surface area (Å²) in [5.74, 6) is -3.83. The van der Waals surface area contributed by atoms with Crippen LogP contribution in [0.3, 0.4) is 0 Å². The van der Waals surface area contributed by atoms with Gasteiger partial charge in [0.1, 0.15) is 11.9 Å². The van der Waals surface area contributed by atoms with Gasteiger partial charge < -0.3 is 10.4 Å². The topological polar surface area (TPSA) is 136 Å². The Balaban J connectivity index is 1.29. The second-order valence-corrected chi connectivity index (χ2v) is 12.8. The van der Waals surface area contributed by atoms with E-state index in [4.69, 9.17) is 0 Å². The van der Waals surface area contributed by atoms with Crippen LogP contribution in [0.5, 0.6) is 0 Å². The number of nitrogens with one attached hydrogen (secondary N) is 2. The molecule has 15 heteroatoms. The number of carboxylic acid groups (broad SMARTS) is 1. The van der Waals surface area contributed by atoms with Crippen LogP contribution in [0.1, 0.15) is 54.7 Å². The maximum absolute atomic E-state index is 15.7. The summed E-state index contributed by atoms with van der Waals surface area (Å²) in [6.45, 7) is 5.85. The number of carboxylic acids is 1. The van der Waals surface area contributed by atoms with Gasteiger partial charge in [0.25, 0.3) is 5.92 Å². The van der Waals surface area contributed by atoms with Crippen LogP contribution in [0.15, 0.2) is 46.0 Å². The van der Waals surface area contributed by atoms with E-state index < -0.39 is 47.8 Å². The van der Waals surface area contributed by atoms with Gasteiger partial charge in [0.05, 0.1) is 18.2 Å². The number of aliphatic carboxylic acids is 1. The van der Waals surface area contributed by atoms with Gasteiger partial charge in [0, 0.05) is 41.8 Å². The van der Waals surface area contributed by atoms with Crippen LogP contribution in [-0.4, -0.2) is 96.5 Å². The fourth-order valence-electron chi connectivity index (χ4n) is 6.43. The van der Waals surface area contributed by atoms with Crippen molar-refractivity contribution in [1.82, 2.24) is 40.7 Å². The van der Waals surface area contributed by atoms with Gasteiger partial charge >= 0.3 is 5.97 Å². The monoisotopic (exact) mass is 615 g/mol. The molecular formula is C28H32F3N9O2S. The van der Waals surface area contributed by atoms with E-state index in [2.05, 4.69) is 35.9 Å². The van der Waals surface area contributed by atoms with Crippen molar-refractivity contribution < 1.29 is 23.1 Å². The molecule has 2 unspecified atom stereocenters. The lowest BCUT2D eigenvalue weighted by Crippen LogP contribution is -2.46. The molecule has 2 fully saturated rings. The molecule has 2 aromatic heterocycles. The quantitative estimate of drug-likeness (QED) is 0.331. The van der Waals surface area contributed by atoms with Crippen molar-refractivity contribution in [2.45, 2.75) is 63.1 Å². The lowest BCUT2D eigenvalue weighted by atomic mass is 9.88. The maximum atomic E-state index is 15.7. The molecule has 0 saturated carbocycles. The number of thiazole rings is 1. The van der Waals surface area contributed by atoms with Gasteiger partial charge in [0.2, 0.25) is 0 Å². The number of H-pyrrole nitrogens is 1. The molecule has 43 heavy (non-hydrogen) atoms.